The third-order valence-electron chi connectivity index (χ3n) is 2.89. The van der Waals surface area contributed by atoms with Gasteiger partial charge >= 0.3 is 0 Å². The Bertz CT molecular complexity index is 387. The molecule has 2 fully saturated rings. The minimum atomic E-state index is -0.215. The number of nitrogens with zero attached hydrogens (tertiary/aromatic N) is 1. The highest BCUT2D eigenvalue weighted by molar-refractivity contribution is 5.96. The molecule has 0 aromatic heterocycles. The summed E-state index contributed by atoms with van der Waals surface area (Å²) in [4.78, 5) is 13.8. The van der Waals surface area contributed by atoms with Gasteiger partial charge in [0.25, 0.3) is 5.91 Å². The molecule has 0 bridgehead atoms. The molecular weight excluding hydrogens is 206 g/mol. The Morgan fingerprint density at radius 1 is 1.19 bits per heavy atom. The van der Waals surface area contributed by atoms with Crippen LogP contribution in [0.25, 0.3) is 0 Å². The van der Waals surface area contributed by atoms with Crippen LogP contribution in [0.1, 0.15) is 10.4 Å². The smallest absolute Gasteiger partial charge is 0.254 e. The topological polar surface area (TPSA) is 38.5 Å². The summed E-state index contributed by atoms with van der Waals surface area (Å²) in [6.45, 7) is 2.00. The van der Waals surface area contributed by atoms with Gasteiger partial charge in [-0.15, -0.1) is 0 Å². The number of rotatable bonds is 2. The van der Waals surface area contributed by atoms with Gasteiger partial charge in [0.15, 0.2) is 6.29 Å². The minimum absolute atomic E-state index is 0.0599. The molecule has 4 nitrogen and oxygen atoms in total. The van der Waals surface area contributed by atoms with Crippen LogP contribution in [0.2, 0.25) is 0 Å². The molecule has 1 unspecified atom stereocenters. The van der Waals surface area contributed by atoms with Crippen molar-refractivity contribution in [3.05, 3.63) is 35.9 Å². The molecule has 1 aromatic rings. The SMILES string of the molecule is O=C(c1ccccc1)N1CC1C1OCCO1. The average Bonchev–Trinajstić information content (AvgIpc) is 2.95. The van der Waals surface area contributed by atoms with Gasteiger partial charge in [0.1, 0.15) is 6.04 Å². The van der Waals surface area contributed by atoms with Gasteiger partial charge in [0.05, 0.1) is 13.2 Å². The summed E-state index contributed by atoms with van der Waals surface area (Å²) >= 11 is 0. The van der Waals surface area contributed by atoms with Gasteiger partial charge in [0.2, 0.25) is 0 Å². The van der Waals surface area contributed by atoms with Crippen molar-refractivity contribution < 1.29 is 14.3 Å². The molecule has 3 rings (SSSR count). The van der Waals surface area contributed by atoms with Crippen LogP contribution in [-0.2, 0) is 9.47 Å². The second-order valence-electron chi connectivity index (χ2n) is 4.00. The predicted molar refractivity (Wildman–Crippen MR) is 57.0 cm³/mol. The van der Waals surface area contributed by atoms with Crippen LogP contribution >= 0.6 is 0 Å². The molecule has 0 N–H and O–H groups in total. The molecule has 16 heavy (non-hydrogen) atoms. The maximum atomic E-state index is 12.0. The molecule has 84 valence electrons. The van der Waals surface area contributed by atoms with Crippen molar-refractivity contribution in [2.24, 2.45) is 0 Å². The Morgan fingerprint density at radius 2 is 1.88 bits per heavy atom. The first kappa shape index (κ1) is 9.81. The standard InChI is InChI=1S/C12H13NO3/c14-11(9-4-2-1-3-5-9)13-8-10(13)12-15-6-7-16-12/h1-5,10,12H,6-8H2. The molecule has 2 aliphatic rings. The van der Waals surface area contributed by atoms with Crippen LogP contribution in [0.5, 0.6) is 0 Å². The Balaban J connectivity index is 1.66. The minimum Gasteiger partial charge on any atom is -0.348 e. The van der Waals surface area contributed by atoms with Gasteiger partial charge in [-0.05, 0) is 12.1 Å². The summed E-state index contributed by atoms with van der Waals surface area (Å²) in [6, 6.07) is 9.40. The fraction of sp³-hybridized carbons (Fsp3) is 0.417. The Labute approximate surface area is 93.8 Å². The summed E-state index contributed by atoms with van der Waals surface area (Å²) in [6.07, 6.45) is -0.215. The number of ether oxygens (including phenoxy) is 2. The lowest BCUT2D eigenvalue weighted by atomic mass is 10.2. The van der Waals surface area contributed by atoms with Crippen LogP contribution in [0.15, 0.2) is 30.3 Å². The van der Waals surface area contributed by atoms with E-state index < -0.39 is 0 Å². The Hall–Kier alpha value is -1.39. The summed E-state index contributed by atoms with van der Waals surface area (Å²) in [5.41, 5.74) is 0.725. The van der Waals surface area contributed by atoms with Gasteiger partial charge in [-0.25, -0.2) is 0 Å². The highest BCUT2D eigenvalue weighted by Gasteiger charge is 2.46. The van der Waals surface area contributed by atoms with E-state index >= 15 is 0 Å². The van der Waals surface area contributed by atoms with Gasteiger partial charge in [-0.1, -0.05) is 18.2 Å². The fourth-order valence-corrected chi connectivity index (χ4v) is 1.97. The lowest BCUT2D eigenvalue weighted by molar-refractivity contribution is -0.0478. The summed E-state index contributed by atoms with van der Waals surface area (Å²) < 4.78 is 10.8. The number of hydrogen-bond acceptors (Lipinski definition) is 3. The van der Waals surface area contributed by atoms with E-state index in [1.165, 1.54) is 0 Å². The van der Waals surface area contributed by atoms with Gasteiger partial charge < -0.3 is 14.4 Å². The van der Waals surface area contributed by atoms with E-state index in [9.17, 15) is 4.79 Å². The molecule has 1 amide bonds. The molecule has 2 heterocycles. The van der Waals surface area contributed by atoms with Crippen molar-refractivity contribution in [3.8, 4) is 0 Å². The van der Waals surface area contributed by atoms with Crippen molar-refractivity contribution in [1.29, 1.82) is 0 Å². The molecule has 2 aliphatic heterocycles. The first-order valence-corrected chi connectivity index (χ1v) is 5.45. The second-order valence-corrected chi connectivity index (χ2v) is 4.00. The van der Waals surface area contributed by atoms with Crippen molar-refractivity contribution in [2.45, 2.75) is 12.3 Å². The van der Waals surface area contributed by atoms with E-state index in [4.69, 9.17) is 9.47 Å². The molecule has 0 spiro atoms. The Morgan fingerprint density at radius 3 is 2.56 bits per heavy atom. The van der Waals surface area contributed by atoms with E-state index in [1.807, 2.05) is 30.3 Å². The molecule has 2 saturated heterocycles. The second kappa shape index (κ2) is 3.88. The zero-order valence-corrected chi connectivity index (χ0v) is 8.83. The van der Waals surface area contributed by atoms with E-state index in [0.717, 1.165) is 12.1 Å². The molecule has 0 aliphatic carbocycles. The summed E-state index contributed by atoms with van der Waals surface area (Å²) in [5, 5.41) is 0. The van der Waals surface area contributed by atoms with Crippen LogP contribution in [0.4, 0.5) is 0 Å². The predicted octanol–water partition coefficient (Wildman–Crippen LogP) is 0.884. The zero-order chi connectivity index (χ0) is 11.0. The van der Waals surface area contributed by atoms with Gasteiger partial charge in [0, 0.05) is 12.1 Å². The monoisotopic (exact) mass is 219 g/mol. The van der Waals surface area contributed by atoms with E-state index in [2.05, 4.69) is 0 Å². The van der Waals surface area contributed by atoms with Gasteiger partial charge in [-0.2, -0.15) is 0 Å². The third kappa shape index (κ3) is 1.70. The van der Waals surface area contributed by atoms with Crippen LogP contribution < -0.4 is 0 Å². The molecule has 1 aromatic carbocycles. The van der Waals surface area contributed by atoms with Crippen molar-refractivity contribution in [1.82, 2.24) is 4.90 Å². The fourth-order valence-electron chi connectivity index (χ4n) is 1.97. The quantitative estimate of drug-likeness (QED) is 0.693. The first-order chi connectivity index (χ1) is 7.86. The van der Waals surface area contributed by atoms with Crippen molar-refractivity contribution >= 4 is 5.91 Å². The highest BCUT2D eigenvalue weighted by atomic mass is 16.7. The average molecular weight is 219 g/mol. The lowest BCUT2D eigenvalue weighted by Crippen LogP contribution is -2.23. The normalized spacial score (nSPS) is 24.8. The lowest BCUT2D eigenvalue weighted by Gasteiger charge is -2.09. The summed E-state index contributed by atoms with van der Waals surface area (Å²) in [5.74, 6) is 0.0599. The van der Waals surface area contributed by atoms with Crippen LogP contribution in [0.3, 0.4) is 0 Å². The van der Waals surface area contributed by atoms with Crippen LogP contribution in [-0.4, -0.2) is 42.9 Å². The van der Waals surface area contributed by atoms with Crippen molar-refractivity contribution in [3.63, 3.8) is 0 Å². The van der Waals surface area contributed by atoms with E-state index in [1.54, 1.807) is 4.90 Å². The van der Waals surface area contributed by atoms with Crippen molar-refractivity contribution in [2.75, 3.05) is 19.8 Å². The molecule has 1 atom stereocenters. The molecule has 4 heteroatoms. The molecule has 0 saturated carbocycles. The molecule has 0 radical (unpaired) electrons. The van der Waals surface area contributed by atoms with E-state index in [-0.39, 0.29) is 18.2 Å². The first-order valence-electron chi connectivity index (χ1n) is 5.45. The Kier molecular flexibility index (Phi) is 2.38. The maximum Gasteiger partial charge on any atom is 0.254 e. The third-order valence-corrected chi connectivity index (χ3v) is 2.89. The number of amides is 1. The number of carbonyl (C=O) groups excluding carboxylic acids is 1. The zero-order valence-electron chi connectivity index (χ0n) is 8.83. The summed E-state index contributed by atoms with van der Waals surface area (Å²) in [7, 11) is 0. The molecular formula is C12H13NO3. The largest absolute Gasteiger partial charge is 0.348 e. The number of carbonyl (C=O) groups is 1. The van der Waals surface area contributed by atoms with Crippen LogP contribution in [0, 0.1) is 0 Å². The maximum absolute atomic E-state index is 12.0. The number of benzene rings is 1. The highest BCUT2D eigenvalue weighted by Crippen LogP contribution is 2.28. The van der Waals surface area contributed by atoms with E-state index in [0.29, 0.717) is 13.2 Å². The van der Waals surface area contributed by atoms with Gasteiger partial charge in [-0.3, -0.25) is 4.79 Å². The number of hydrogen-bond donors (Lipinski definition) is 0.